The number of nitrogens with one attached hydrogen (secondary N) is 1. The minimum atomic E-state index is -0.433. The van der Waals surface area contributed by atoms with E-state index in [0.717, 1.165) is 12.8 Å². The monoisotopic (exact) mass is 297 g/mol. The molecule has 108 valence electrons. The molecule has 0 radical (unpaired) electrons. The first kappa shape index (κ1) is 13.4. The molecule has 3 rings (SSSR count). The molecule has 1 saturated carbocycles. The summed E-state index contributed by atoms with van der Waals surface area (Å²) in [7, 11) is 0. The van der Waals surface area contributed by atoms with Crippen molar-refractivity contribution in [1.82, 2.24) is 15.3 Å². The summed E-state index contributed by atoms with van der Waals surface area (Å²) < 4.78 is 5.41. The molecule has 8 heteroatoms. The topological polar surface area (TPSA) is 93.4 Å². The molecule has 1 aliphatic heterocycles. The highest BCUT2D eigenvalue weighted by Gasteiger charge is 2.34. The van der Waals surface area contributed by atoms with Crippen molar-refractivity contribution in [2.24, 2.45) is 0 Å². The SMILES string of the molecule is Nc1cnc(Cl)nc1N1CCOCC1C(=O)NC1CC1. The van der Waals surface area contributed by atoms with Gasteiger partial charge >= 0.3 is 0 Å². The number of hydrogen-bond acceptors (Lipinski definition) is 6. The molecule has 1 aromatic rings. The maximum absolute atomic E-state index is 12.3. The molecular formula is C12H16ClN5O2. The Morgan fingerprint density at radius 1 is 1.55 bits per heavy atom. The second kappa shape index (κ2) is 5.41. The number of amides is 1. The van der Waals surface area contributed by atoms with E-state index in [0.29, 0.717) is 37.3 Å². The fraction of sp³-hybridized carbons (Fsp3) is 0.583. The Labute approximate surface area is 121 Å². The zero-order valence-corrected chi connectivity index (χ0v) is 11.6. The van der Waals surface area contributed by atoms with Gasteiger partial charge in [-0.3, -0.25) is 4.79 Å². The van der Waals surface area contributed by atoms with Crippen LogP contribution in [0.25, 0.3) is 0 Å². The Morgan fingerprint density at radius 3 is 3.10 bits per heavy atom. The largest absolute Gasteiger partial charge is 0.394 e. The van der Waals surface area contributed by atoms with Crippen molar-refractivity contribution in [2.45, 2.75) is 24.9 Å². The average molecular weight is 298 g/mol. The van der Waals surface area contributed by atoms with Crippen LogP contribution < -0.4 is 16.0 Å². The van der Waals surface area contributed by atoms with E-state index < -0.39 is 6.04 Å². The number of anilines is 2. The number of nitrogens with two attached hydrogens (primary N) is 1. The third kappa shape index (κ3) is 2.78. The van der Waals surface area contributed by atoms with E-state index in [1.807, 2.05) is 4.90 Å². The third-order valence-electron chi connectivity index (χ3n) is 3.39. The van der Waals surface area contributed by atoms with Gasteiger partial charge in [-0.2, -0.15) is 4.98 Å². The number of ether oxygens (including phenoxy) is 1. The third-order valence-corrected chi connectivity index (χ3v) is 3.58. The molecule has 2 aliphatic rings. The number of nitrogens with zero attached hydrogens (tertiary/aromatic N) is 3. The van der Waals surface area contributed by atoms with Gasteiger partial charge in [-0.15, -0.1) is 0 Å². The lowest BCUT2D eigenvalue weighted by Gasteiger charge is -2.35. The Balaban J connectivity index is 1.83. The molecule has 2 heterocycles. The van der Waals surface area contributed by atoms with Crippen LogP contribution in [0.2, 0.25) is 5.28 Å². The van der Waals surface area contributed by atoms with Crippen LogP contribution in [0.15, 0.2) is 6.20 Å². The predicted molar refractivity (Wildman–Crippen MR) is 74.6 cm³/mol. The number of nitrogen functional groups attached to an aromatic ring is 1. The maximum atomic E-state index is 12.3. The van der Waals surface area contributed by atoms with Crippen LogP contribution in [-0.4, -0.2) is 47.7 Å². The molecule has 20 heavy (non-hydrogen) atoms. The van der Waals surface area contributed by atoms with E-state index >= 15 is 0 Å². The number of hydrogen-bond donors (Lipinski definition) is 2. The molecular weight excluding hydrogens is 282 g/mol. The Morgan fingerprint density at radius 2 is 2.35 bits per heavy atom. The summed E-state index contributed by atoms with van der Waals surface area (Å²) in [5.41, 5.74) is 6.30. The van der Waals surface area contributed by atoms with Gasteiger partial charge in [0.05, 0.1) is 25.1 Å². The minimum Gasteiger partial charge on any atom is -0.394 e. The van der Waals surface area contributed by atoms with Gasteiger partial charge in [0, 0.05) is 12.6 Å². The highest BCUT2D eigenvalue weighted by molar-refractivity contribution is 6.28. The first-order valence-electron chi connectivity index (χ1n) is 6.58. The van der Waals surface area contributed by atoms with E-state index in [2.05, 4.69) is 15.3 Å². The number of halogens is 1. The summed E-state index contributed by atoms with van der Waals surface area (Å²) in [6, 6.07) is -0.129. The Kier molecular flexibility index (Phi) is 3.62. The van der Waals surface area contributed by atoms with E-state index in [9.17, 15) is 4.79 Å². The molecule has 0 bridgehead atoms. The Bertz CT molecular complexity index is 523. The summed E-state index contributed by atoms with van der Waals surface area (Å²) in [4.78, 5) is 22.1. The summed E-state index contributed by atoms with van der Waals surface area (Å²) in [5, 5.41) is 3.09. The average Bonchev–Trinajstić information content (AvgIpc) is 3.25. The lowest BCUT2D eigenvalue weighted by atomic mass is 10.2. The van der Waals surface area contributed by atoms with Crippen molar-refractivity contribution < 1.29 is 9.53 Å². The van der Waals surface area contributed by atoms with Crippen molar-refractivity contribution in [3.05, 3.63) is 11.5 Å². The van der Waals surface area contributed by atoms with Crippen molar-refractivity contribution >= 4 is 29.0 Å². The van der Waals surface area contributed by atoms with Gasteiger partial charge in [0.25, 0.3) is 0 Å². The zero-order valence-electron chi connectivity index (χ0n) is 10.9. The van der Waals surface area contributed by atoms with Gasteiger partial charge in [0.1, 0.15) is 6.04 Å². The number of morpholine rings is 1. The number of carbonyl (C=O) groups is 1. The number of carbonyl (C=O) groups excluding carboxylic acids is 1. The number of aromatic nitrogens is 2. The second-order valence-electron chi connectivity index (χ2n) is 4.98. The second-order valence-corrected chi connectivity index (χ2v) is 5.32. The zero-order chi connectivity index (χ0) is 14.1. The van der Waals surface area contributed by atoms with Crippen LogP contribution in [0.1, 0.15) is 12.8 Å². The van der Waals surface area contributed by atoms with Crippen LogP contribution in [0, 0.1) is 0 Å². The van der Waals surface area contributed by atoms with Crippen LogP contribution in [0.5, 0.6) is 0 Å². The van der Waals surface area contributed by atoms with Gasteiger partial charge in [-0.25, -0.2) is 4.98 Å². The molecule has 1 aromatic heterocycles. The van der Waals surface area contributed by atoms with Crippen LogP contribution >= 0.6 is 11.6 Å². The molecule has 1 unspecified atom stereocenters. The minimum absolute atomic E-state index is 0.0543. The molecule has 2 fully saturated rings. The molecule has 1 atom stereocenters. The Hall–Kier alpha value is -1.60. The standard InChI is InChI=1S/C12H16ClN5O2/c13-12-15-5-8(14)10(17-12)18-3-4-20-6-9(18)11(19)16-7-1-2-7/h5,7,9H,1-4,6,14H2,(H,16,19). The quantitative estimate of drug-likeness (QED) is 0.774. The van der Waals surface area contributed by atoms with Gasteiger partial charge in [-0.1, -0.05) is 0 Å². The molecule has 1 amide bonds. The van der Waals surface area contributed by atoms with Gasteiger partial charge < -0.3 is 20.7 Å². The highest BCUT2D eigenvalue weighted by Crippen LogP contribution is 2.26. The van der Waals surface area contributed by atoms with E-state index in [1.165, 1.54) is 6.20 Å². The van der Waals surface area contributed by atoms with E-state index in [-0.39, 0.29) is 11.2 Å². The smallest absolute Gasteiger partial charge is 0.245 e. The van der Waals surface area contributed by atoms with Crippen molar-refractivity contribution in [3.63, 3.8) is 0 Å². The lowest BCUT2D eigenvalue weighted by molar-refractivity contribution is -0.124. The summed E-state index contributed by atoms with van der Waals surface area (Å²) in [6.07, 6.45) is 3.54. The van der Waals surface area contributed by atoms with Crippen molar-refractivity contribution in [2.75, 3.05) is 30.4 Å². The number of rotatable bonds is 3. The van der Waals surface area contributed by atoms with Gasteiger partial charge in [0.2, 0.25) is 11.2 Å². The van der Waals surface area contributed by atoms with Gasteiger partial charge in [-0.05, 0) is 24.4 Å². The maximum Gasteiger partial charge on any atom is 0.245 e. The molecule has 0 aromatic carbocycles. The predicted octanol–water partition coefficient (Wildman–Crippen LogP) is 0.196. The van der Waals surface area contributed by atoms with E-state index in [4.69, 9.17) is 22.1 Å². The van der Waals surface area contributed by atoms with Crippen LogP contribution in [0.4, 0.5) is 11.5 Å². The molecule has 7 nitrogen and oxygen atoms in total. The summed E-state index contributed by atoms with van der Waals surface area (Å²) in [5.74, 6) is 0.436. The summed E-state index contributed by atoms with van der Waals surface area (Å²) >= 11 is 5.82. The molecule has 1 aliphatic carbocycles. The lowest BCUT2D eigenvalue weighted by Crippen LogP contribution is -2.54. The molecule has 3 N–H and O–H groups in total. The van der Waals surface area contributed by atoms with Crippen LogP contribution in [0.3, 0.4) is 0 Å². The highest BCUT2D eigenvalue weighted by atomic mass is 35.5. The first-order valence-corrected chi connectivity index (χ1v) is 6.95. The fourth-order valence-electron chi connectivity index (χ4n) is 2.19. The van der Waals surface area contributed by atoms with Crippen molar-refractivity contribution in [3.8, 4) is 0 Å². The normalized spacial score (nSPS) is 22.6. The summed E-state index contributed by atoms with van der Waals surface area (Å²) in [6.45, 7) is 1.38. The fourth-order valence-corrected chi connectivity index (χ4v) is 2.32. The first-order chi connectivity index (χ1) is 9.65. The molecule has 1 saturated heterocycles. The van der Waals surface area contributed by atoms with Crippen LogP contribution in [-0.2, 0) is 9.53 Å². The van der Waals surface area contributed by atoms with E-state index in [1.54, 1.807) is 0 Å². The van der Waals surface area contributed by atoms with Crippen molar-refractivity contribution in [1.29, 1.82) is 0 Å². The van der Waals surface area contributed by atoms with Gasteiger partial charge in [0.15, 0.2) is 5.82 Å². The molecule has 0 spiro atoms.